The van der Waals surface area contributed by atoms with Gasteiger partial charge in [0.1, 0.15) is 12.3 Å². The van der Waals surface area contributed by atoms with Crippen molar-refractivity contribution in [3.05, 3.63) is 0 Å². The van der Waals surface area contributed by atoms with E-state index in [1.54, 1.807) is 0 Å². The molecule has 0 bridgehead atoms. The van der Waals surface area contributed by atoms with Crippen LogP contribution >= 0.6 is 0 Å². The highest BCUT2D eigenvalue weighted by atomic mass is 19.1. The van der Waals surface area contributed by atoms with E-state index in [1.807, 2.05) is 0 Å². The molecule has 54 valence electrons. The van der Waals surface area contributed by atoms with Crippen LogP contribution in [0.15, 0.2) is 0 Å². The fourth-order valence-electron chi connectivity index (χ4n) is 0.273. The topological polar surface area (TPSA) is 26.3 Å². The molecule has 2 nitrogen and oxygen atoms in total. The van der Waals surface area contributed by atoms with Gasteiger partial charge in [-0.25, -0.2) is 4.39 Å². The highest BCUT2D eigenvalue weighted by Crippen LogP contribution is 2.07. The minimum absolute atomic E-state index is 0.164. The molecule has 0 heterocycles. The van der Waals surface area contributed by atoms with Gasteiger partial charge in [-0.05, 0) is 13.8 Å². The predicted molar refractivity (Wildman–Crippen MR) is 31.8 cm³/mol. The molecular formula is C6H11FO2. The molecule has 0 saturated heterocycles. The summed E-state index contributed by atoms with van der Waals surface area (Å²) in [7, 11) is 0. The number of halogens is 1. The van der Waals surface area contributed by atoms with Gasteiger partial charge in [0.2, 0.25) is 0 Å². The average molecular weight is 134 g/mol. The first kappa shape index (κ1) is 8.40. The zero-order valence-corrected chi connectivity index (χ0v) is 5.90. The van der Waals surface area contributed by atoms with Gasteiger partial charge in [-0.2, -0.15) is 0 Å². The smallest absolute Gasteiger partial charge is 0.302 e. The number of carbonyl (C=O) groups excluding carboxylic acids is 1. The quantitative estimate of drug-likeness (QED) is 0.532. The lowest BCUT2D eigenvalue weighted by Gasteiger charge is -2.12. The SMILES string of the molecule is CC(=O)OCC(C)(C)F. The van der Waals surface area contributed by atoms with Crippen molar-refractivity contribution in [3.8, 4) is 0 Å². The molecule has 0 aliphatic rings. The summed E-state index contributed by atoms with van der Waals surface area (Å²) in [4.78, 5) is 10.1. The zero-order chi connectivity index (χ0) is 7.49. The van der Waals surface area contributed by atoms with Crippen LogP contribution in [0.5, 0.6) is 0 Å². The Hall–Kier alpha value is -0.600. The van der Waals surface area contributed by atoms with Crippen molar-refractivity contribution < 1.29 is 13.9 Å². The van der Waals surface area contributed by atoms with Crippen LogP contribution in [0.3, 0.4) is 0 Å². The van der Waals surface area contributed by atoms with Gasteiger partial charge in [-0.1, -0.05) is 0 Å². The maximum Gasteiger partial charge on any atom is 0.302 e. The summed E-state index contributed by atoms with van der Waals surface area (Å²) in [5.41, 5.74) is -1.41. The lowest BCUT2D eigenvalue weighted by Crippen LogP contribution is -2.21. The molecular weight excluding hydrogens is 123 g/mol. The molecule has 0 aromatic heterocycles. The number of carbonyl (C=O) groups is 1. The summed E-state index contributed by atoms with van der Waals surface area (Å²) in [5.74, 6) is -0.444. The van der Waals surface area contributed by atoms with E-state index in [-0.39, 0.29) is 6.61 Å². The number of esters is 1. The Morgan fingerprint density at radius 1 is 1.67 bits per heavy atom. The summed E-state index contributed by atoms with van der Waals surface area (Å²) in [5, 5.41) is 0. The van der Waals surface area contributed by atoms with Crippen molar-refractivity contribution in [1.29, 1.82) is 0 Å². The second kappa shape index (κ2) is 2.80. The Balaban J connectivity index is 3.39. The van der Waals surface area contributed by atoms with E-state index in [9.17, 15) is 9.18 Å². The lowest BCUT2D eigenvalue weighted by atomic mass is 10.2. The van der Waals surface area contributed by atoms with Crippen molar-refractivity contribution in [2.45, 2.75) is 26.4 Å². The van der Waals surface area contributed by atoms with Gasteiger partial charge in [0.05, 0.1) is 0 Å². The molecule has 0 fully saturated rings. The van der Waals surface area contributed by atoms with Crippen molar-refractivity contribution >= 4 is 5.97 Å². The van der Waals surface area contributed by atoms with Crippen LogP contribution in [0.4, 0.5) is 4.39 Å². The van der Waals surface area contributed by atoms with Crippen LogP contribution < -0.4 is 0 Å². The van der Waals surface area contributed by atoms with E-state index < -0.39 is 11.6 Å². The van der Waals surface area contributed by atoms with Crippen LogP contribution in [-0.2, 0) is 9.53 Å². The van der Waals surface area contributed by atoms with Crippen molar-refractivity contribution in [3.63, 3.8) is 0 Å². The number of hydrogen-bond acceptors (Lipinski definition) is 2. The maximum atomic E-state index is 12.5. The van der Waals surface area contributed by atoms with Gasteiger partial charge in [-0.3, -0.25) is 4.79 Å². The zero-order valence-electron chi connectivity index (χ0n) is 5.90. The molecule has 0 N–H and O–H groups in total. The third-order valence-corrected chi connectivity index (χ3v) is 0.619. The third kappa shape index (κ3) is 7.40. The molecule has 0 aromatic carbocycles. The molecule has 0 unspecified atom stereocenters. The largest absolute Gasteiger partial charge is 0.462 e. The summed E-state index contributed by atoms with van der Waals surface area (Å²) < 4.78 is 16.9. The standard InChI is InChI=1S/C6H11FO2/c1-5(8)9-4-6(2,3)7/h4H2,1-3H3. The fourth-order valence-corrected chi connectivity index (χ4v) is 0.273. The summed E-state index contributed by atoms with van der Waals surface area (Å²) >= 11 is 0. The Kier molecular flexibility index (Phi) is 2.62. The Morgan fingerprint density at radius 2 is 2.11 bits per heavy atom. The Morgan fingerprint density at radius 3 is 2.22 bits per heavy atom. The molecule has 3 heteroatoms. The number of rotatable bonds is 2. The highest BCUT2D eigenvalue weighted by Gasteiger charge is 2.16. The molecule has 0 aromatic rings. The van der Waals surface area contributed by atoms with Gasteiger partial charge in [0.15, 0.2) is 0 Å². The van der Waals surface area contributed by atoms with E-state index in [1.165, 1.54) is 20.8 Å². The summed E-state index contributed by atoms with van der Waals surface area (Å²) in [6.07, 6.45) is 0. The van der Waals surface area contributed by atoms with Crippen LogP contribution in [0.1, 0.15) is 20.8 Å². The molecule has 9 heavy (non-hydrogen) atoms. The predicted octanol–water partition coefficient (Wildman–Crippen LogP) is 1.30. The van der Waals surface area contributed by atoms with Gasteiger partial charge >= 0.3 is 5.97 Å². The normalized spacial score (nSPS) is 11.1. The molecule has 0 spiro atoms. The van der Waals surface area contributed by atoms with Gasteiger partial charge in [0, 0.05) is 6.92 Å². The van der Waals surface area contributed by atoms with Crippen molar-refractivity contribution in [2.75, 3.05) is 6.61 Å². The van der Waals surface area contributed by atoms with Crippen LogP contribution in [0.25, 0.3) is 0 Å². The lowest BCUT2D eigenvalue weighted by molar-refractivity contribution is -0.144. The van der Waals surface area contributed by atoms with Gasteiger partial charge in [0.25, 0.3) is 0 Å². The minimum Gasteiger partial charge on any atom is -0.462 e. The van der Waals surface area contributed by atoms with E-state index in [2.05, 4.69) is 4.74 Å². The fraction of sp³-hybridized carbons (Fsp3) is 0.833. The first-order chi connectivity index (χ1) is 3.92. The number of hydrogen-bond donors (Lipinski definition) is 0. The number of alkyl halides is 1. The molecule has 0 aliphatic carbocycles. The summed E-state index contributed by atoms with van der Waals surface area (Å²) in [6.45, 7) is 3.81. The monoisotopic (exact) mass is 134 g/mol. The van der Waals surface area contributed by atoms with Crippen LogP contribution in [0, 0.1) is 0 Å². The first-order valence-corrected chi connectivity index (χ1v) is 2.74. The molecule has 0 saturated carbocycles. The molecule has 0 amide bonds. The van der Waals surface area contributed by atoms with Gasteiger partial charge < -0.3 is 4.74 Å². The van der Waals surface area contributed by atoms with E-state index in [4.69, 9.17) is 0 Å². The Labute approximate surface area is 54.0 Å². The minimum atomic E-state index is -1.41. The Bertz CT molecular complexity index is 104. The first-order valence-electron chi connectivity index (χ1n) is 2.74. The van der Waals surface area contributed by atoms with Crippen molar-refractivity contribution in [2.24, 2.45) is 0 Å². The molecule has 0 radical (unpaired) electrons. The van der Waals surface area contributed by atoms with Crippen molar-refractivity contribution in [1.82, 2.24) is 0 Å². The second-order valence-corrected chi connectivity index (χ2v) is 2.50. The molecule has 0 aliphatic heterocycles. The molecule has 0 atom stereocenters. The number of ether oxygens (including phenoxy) is 1. The van der Waals surface area contributed by atoms with E-state index >= 15 is 0 Å². The second-order valence-electron chi connectivity index (χ2n) is 2.50. The summed E-state index contributed by atoms with van der Waals surface area (Å²) in [6, 6.07) is 0. The highest BCUT2D eigenvalue weighted by molar-refractivity contribution is 5.65. The molecule has 0 rings (SSSR count). The van der Waals surface area contributed by atoms with Crippen LogP contribution in [0.2, 0.25) is 0 Å². The maximum absolute atomic E-state index is 12.5. The van der Waals surface area contributed by atoms with E-state index in [0.29, 0.717) is 0 Å². The van der Waals surface area contributed by atoms with E-state index in [0.717, 1.165) is 0 Å². The van der Waals surface area contributed by atoms with Gasteiger partial charge in [-0.15, -0.1) is 0 Å². The van der Waals surface area contributed by atoms with Crippen LogP contribution in [-0.4, -0.2) is 18.2 Å². The average Bonchev–Trinajstić information content (AvgIpc) is 1.59. The third-order valence-electron chi connectivity index (χ3n) is 0.619.